The predicted molar refractivity (Wildman–Crippen MR) is 66.8 cm³/mol. The first-order valence-corrected chi connectivity index (χ1v) is 6.77. The third-order valence-electron chi connectivity index (χ3n) is 2.36. The summed E-state index contributed by atoms with van der Waals surface area (Å²) in [5.74, 6) is -1.23. The lowest BCUT2D eigenvalue weighted by atomic mass is 10.2. The summed E-state index contributed by atoms with van der Waals surface area (Å²) in [6, 6.07) is 4.55. The van der Waals surface area contributed by atoms with Gasteiger partial charge < -0.3 is 14.4 Å². The largest absolute Gasteiger partial charge is 0.507 e. The molecule has 0 fully saturated rings. The molecule has 0 radical (unpaired) electrons. The Morgan fingerprint density at radius 1 is 1.40 bits per heavy atom. The number of rotatable bonds is 4. The number of sulfonamides is 1. The van der Waals surface area contributed by atoms with Gasteiger partial charge in [0.2, 0.25) is 0 Å². The van der Waals surface area contributed by atoms with E-state index in [-0.39, 0.29) is 22.0 Å². The molecule has 106 valence electrons. The molecule has 8 nitrogen and oxygen atoms in total. The first-order valence-electron chi connectivity index (χ1n) is 5.28. The molecule has 0 unspecified atom stereocenters. The van der Waals surface area contributed by atoms with Crippen LogP contribution in [-0.4, -0.2) is 31.8 Å². The Bertz CT molecular complexity index is 723. The molecule has 2 rings (SSSR count). The first-order chi connectivity index (χ1) is 9.44. The molecule has 20 heavy (non-hydrogen) atoms. The molecule has 1 heterocycles. The van der Waals surface area contributed by atoms with E-state index >= 15 is 0 Å². The fraction of sp³-hybridized carbons (Fsp3) is 0.0909. The molecule has 0 bridgehead atoms. The summed E-state index contributed by atoms with van der Waals surface area (Å²) in [5.41, 5.74) is -0.254. The van der Waals surface area contributed by atoms with Gasteiger partial charge in [0, 0.05) is 6.07 Å². The van der Waals surface area contributed by atoms with E-state index in [4.69, 9.17) is 0 Å². The number of hydrogen-bond donors (Lipinski definition) is 2. The van der Waals surface area contributed by atoms with Crippen LogP contribution in [0, 0.1) is 0 Å². The average Bonchev–Trinajstić information content (AvgIpc) is 2.90. The maximum atomic E-state index is 12.0. The zero-order chi connectivity index (χ0) is 14.8. The second-order valence-electron chi connectivity index (χ2n) is 3.66. The van der Waals surface area contributed by atoms with Gasteiger partial charge in [0.15, 0.2) is 5.82 Å². The number of carbonyl (C=O) groups excluding carboxylic acids is 1. The van der Waals surface area contributed by atoms with Gasteiger partial charge in [-0.25, -0.2) is 13.2 Å². The topological polar surface area (TPSA) is 119 Å². The molecule has 0 spiro atoms. The number of benzene rings is 1. The number of ether oxygens (including phenoxy) is 1. The standard InChI is InChI=1S/C11H10N2O6S/c1-18-11(15)8-6-7(2-3-9(8)14)20(16,17)13-10-4-5-19-12-10/h2-6,14H,1H3,(H,12,13). The minimum absolute atomic E-state index is 0.00214. The highest BCUT2D eigenvalue weighted by molar-refractivity contribution is 7.92. The van der Waals surface area contributed by atoms with Crippen LogP contribution in [-0.2, 0) is 14.8 Å². The second kappa shape index (κ2) is 5.21. The molecular weight excluding hydrogens is 288 g/mol. The molecular formula is C11H10N2O6S. The zero-order valence-electron chi connectivity index (χ0n) is 10.2. The molecule has 0 amide bonds. The highest BCUT2D eigenvalue weighted by Gasteiger charge is 2.20. The van der Waals surface area contributed by atoms with Crippen molar-refractivity contribution >= 4 is 21.8 Å². The summed E-state index contributed by atoms with van der Waals surface area (Å²) >= 11 is 0. The Hall–Kier alpha value is -2.55. The van der Waals surface area contributed by atoms with Crippen molar-refractivity contribution in [2.45, 2.75) is 4.90 Å². The Balaban J connectivity index is 2.40. The molecule has 1 aromatic carbocycles. The smallest absolute Gasteiger partial charge is 0.341 e. The maximum Gasteiger partial charge on any atom is 0.341 e. The molecule has 1 aromatic heterocycles. The Labute approximate surface area is 114 Å². The lowest BCUT2D eigenvalue weighted by Crippen LogP contribution is -2.14. The van der Waals surface area contributed by atoms with E-state index in [1.54, 1.807) is 0 Å². The Kier molecular flexibility index (Phi) is 3.61. The molecule has 9 heteroatoms. The number of hydrogen-bond acceptors (Lipinski definition) is 7. The van der Waals surface area contributed by atoms with Gasteiger partial charge >= 0.3 is 5.97 Å². The fourth-order valence-electron chi connectivity index (χ4n) is 1.42. The normalized spacial score (nSPS) is 11.1. The van der Waals surface area contributed by atoms with E-state index in [2.05, 4.69) is 19.1 Å². The van der Waals surface area contributed by atoms with Crippen LogP contribution in [0.2, 0.25) is 0 Å². The average molecular weight is 298 g/mol. The molecule has 0 aliphatic carbocycles. The van der Waals surface area contributed by atoms with Crippen LogP contribution < -0.4 is 4.72 Å². The van der Waals surface area contributed by atoms with Crippen LogP contribution in [0.1, 0.15) is 10.4 Å². The first kappa shape index (κ1) is 13.9. The molecule has 0 aliphatic rings. The van der Waals surface area contributed by atoms with Crippen LogP contribution in [0.5, 0.6) is 5.75 Å². The number of nitrogens with zero attached hydrogens (tertiary/aromatic N) is 1. The van der Waals surface area contributed by atoms with Crippen molar-refractivity contribution in [1.82, 2.24) is 5.16 Å². The van der Waals surface area contributed by atoms with Crippen molar-refractivity contribution in [3.05, 3.63) is 36.1 Å². The number of nitrogens with one attached hydrogen (secondary N) is 1. The van der Waals surface area contributed by atoms with E-state index in [0.29, 0.717) is 0 Å². The van der Waals surface area contributed by atoms with Gasteiger partial charge in [-0.2, -0.15) is 0 Å². The third-order valence-corrected chi connectivity index (χ3v) is 3.71. The van der Waals surface area contributed by atoms with Gasteiger partial charge in [-0.1, -0.05) is 5.16 Å². The molecule has 2 N–H and O–H groups in total. The van der Waals surface area contributed by atoms with Gasteiger partial charge in [-0.3, -0.25) is 4.72 Å². The van der Waals surface area contributed by atoms with Crippen molar-refractivity contribution in [2.75, 3.05) is 11.8 Å². The summed E-state index contributed by atoms with van der Waals surface area (Å²) in [6.07, 6.45) is 1.20. The van der Waals surface area contributed by atoms with Crippen LogP contribution >= 0.6 is 0 Å². The summed E-state index contributed by atoms with van der Waals surface area (Å²) < 4.78 is 35.2. The highest BCUT2D eigenvalue weighted by atomic mass is 32.2. The number of phenolic OH excluding ortho intramolecular Hbond substituents is 1. The van der Waals surface area contributed by atoms with Gasteiger partial charge in [0.05, 0.1) is 12.0 Å². The molecule has 0 saturated heterocycles. The predicted octanol–water partition coefficient (Wildman–Crippen LogP) is 0.968. The van der Waals surface area contributed by atoms with Crippen LogP contribution in [0.15, 0.2) is 39.9 Å². The van der Waals surface area contributed by atoms with Gasteiger partial charge in [0.1, 0.15) is 17.6 Å². The van der Waals surface area contributed by atoms with Crippen molar-refractivity contribution in [3.8, 4) is 5.75 Å². The molecule has 0 saturated carbocycles. The summed E-state index contributed by atoms with van der Waals surface area (Å²) in [4.78, 5) is 11.2. The van der Waals surface area contributed by atoms with Gasteiger partial charge in [0.25, 0.3) is 10.0 Å². The minimum atomic E-state index is -3.96. The number of carbonyl (C=O) groups is 1. The van der Waals surface area contributed by atoms with Gasteiger partial charge in [-0.15, -0.1) is 0 Å². The number of aromatic hydroxyl groups is 1. The lowest BCUT2D eigenvalue weighted by Gasteiger charge is -2.07. The fourth-order valence-corrected chi connectivity index (χ4v) is 2.44. The van der Waals surface area contributed by atoms with Crippen LogP contribution in [0.3, 0.4) is 0 Å². The van der Waals surface area contributed by atoms with Gasteiger partial charge in [-0.05, 0) is 18.2 Å². The van der Waals surface area contributed by atoms with E-state index in [1.165, 1.54) is 12.3 Å². The maximum absolute atomic E-state index is 12.0. The number of phenols is 1. The number of methoxy groups -OCH3 is 1. The zero-order valence-corrected chi connectivity index (χ0v) is 11.0. The monoisotopic (exact) mass is 298 g/mol. The summed E-state index contributed by atoms with van der Waals surface area (Å²) in [5, 5.41) is 12.9. The second-order valence-corrected chi connectivity index (χ2v) is 5.34. The molecule has 0 aliphatic heterocycles. The van der Waals surface area contributed by atoms with Crippen molar-refractivity contribution < 1.29 is 27.6 Å². The lowest BCUT2D eigenvalue weighted by molar-refractivity contribution is 0.0597. The van der Waals surface area contributed by atoms with Crippen molar-refractivity contribution in [2.24, 2.45) is 0 Å². The minimum Gasteiger partial charge on any atom is -0.507 e. The Morgan fingerprint density at radius 2 is 2.15 bits per heavy atom. The molecule has 2 aromatic rings. The quantitative estimate of drug-likeness (QED) is 0.807. The van der Waals surface area contributed by atoms with Crippen LogP contribution in [0.4, 0.5) is 5.82 Å². The van der Waals surface area contributed by atoms with Crippen molar-refractivity contribution in [3.63, 3.8) is 0 Å². The van der Waals surface area contributed by atoms with E-state index in [9.17, 15) is 18.3 Å². The number of anilines is 1. The van der Waals surface area contributed by atoms with Crippen LogP contribution in [0.25, 0.3) is 0 Å². The Morgan fingerprint density at radius 3 is 2.75 bits per heavy atom. The summed E-state index contributed by atoms with van der Waals surface area (Å²) in [7, 11) is -2.83. The van der Waals surface area contributed by atoms with E-state index < -0.39 is 16.0 Å². The molecule has 0 atom stereocenters. The summed E-state index contributed by atoms with van der Waals surface area (Å²) in [6.45, 7) is 0. The number of esters is 1. The van der Waals surface area contributed by atoms with Crippen molar-refractivity contribution in [1.29, 1.82) is 0 Å². The van der Waals surface area contributed by atoms with E-state index in [0.717, 1.165) is 25.3 Å². The SMILES string of the molecule is COC(=O)c1cc(S(=O)(=O)Nc2ccon2)ccc1O. The van der Waals surface area contributed by atoms with E-state index in [1.807, 2.05) is 0 Å². The highest BCUT2D eigenvalue weighted by Crippen LogP contribution is 2.23. The number of aromatic nitrogens is 1. The third kappa shape index (κ3) is 2.72.